The zero-order chi connectivity index (χ0) is 37.1. The van der Waals surface area contributed by atoms with Crippen LogP contribution in [0.1, 0.15) is 196 Å². The molecule has 0 spiro atoms. The third-order valence-electron chi connectivity index (χ3n) is 15.0. The van der Waals surface area contributed by atoms with Crippen LogP contribution in [-0.4, -0.2) is 31.2 Å². The Bertz CT molecular complexity index is 1060. The van der Waals surface area contributed by atoms with Gasteiger partial charge in [0, 0.05) is 0 Å². The molecular weight excluding hydrogens is 641 g/mol. The van der Waals surface area contributed by atoms with Crippen molar-refractivity contribution in [2.75, 3.05) is 18.8 Å². The molecule has 0 radical (unpaired) electrons. The molecule has 0 saturated heterocycles. The van der Waals surface area contributed by atoms with Crippen molar-refractivity contribution >= 4 is 10.3 Å². The van der Waals surface area contributed by atoms with Crippen LogP contribution >= 0.6 is 10.3 Å². The number of allylic oxidation sites excluding steroid dienone is 3. The third-order valence-corrected chi connectivity index (χ3v) is 15.8. The van der Waals surface area contributed by atoms with Crippen molar-refractivity contribution in [2.24, 2.45) is 52.3 Å². The van der Waals surface area contributed by atoms with E-state index in [1.165, 1.54) is 135 Å². The van der Waals surface area contributed by atoms with Crippen molar-refractivity contribution in [2.45, 2.75) is 209 Å². The van der Waals surface area contributed by atoms with Gasteiger partial charge in [0.05, 0.1) is 6.10 Å². The summed E-state index contributed by atoms with van der Waals surface area (Å²) in [4.78, 5) is 0. The Morgan fingerprint density at radius 3 is 1.98 bits per heavy atom. The molecule has 10 unspecified atom stereocenters. The third kappa shape index (κ3) is 12.1. The molecule has 298 valence electrons. The number of hydrogen-bond donors (Lipinski definition) is 0. The molecular formula is C48H88O2S. The molecule has 3 heteroatoms. The maximum absolute atomic E-state index is 6.94. The predicted octanol–water partition coefficient (Wildman–Crippen LogP) is 15.3. The van der Waals surface area contributed by atoms with Crippen molar-refractivity contribution in [3.8, 4) is 0 Å². The van der Waals surface area contributed by atoms with E-state index in [2.05, 4.69) is 85.5 Å². The van der Waals surface area contributed by atoms with Gasteiger partial charge in [0.15, 0.2) is 6.29 Å². The molecule has 0 amide bonds. The SMILES string of the molecule is CCCCCCCCCCCCCCCC(OC1CCC2(C)C(=CCC3C2CCC2(C)C(C(C)/C=C/C(CC)C(C)C)CCC32)C1)OS(C)(C)C. The normalized spacial score (nSPS) is 33.1. The molecule has 0 aromatic heterocycles. The number of fused-ring (bicyclic) bond motifs is 5. The lowest BCUT2D eigenvalue weighted by Crippen LogP contribution is -2.51. The molecule has 0 aliphatic heterocycles. The molecule has 3 fully saturated rings. The Balaban J connectivity index is 1.25. The van der Waals surface area contributed by atoms with E-state index >= 15 is 0 Å². The van der Waals surface area contributed by atoms with Crippen LogP contribution in [-0.2, 0) is 8.92 Å². The first-order valence-corrected chi connectivity index (χ1v) is 25.5. The topological polar surface area (TPSA) is 18.5 Å². The molecule has 10 atom stereocenters. The second-order valence-electron chi connectivity index (χ2n) is 19.8. The lowest BCUT2D eigenvalue weighted by atomic mass is 9.47. The number of rotatable bonds is 23. The Labute approximate surface area is 321 Å². The molecule has 0 bridgehead atoms. The molecule has 4 aliphatic rings. The first-order chi connectivity index (χ1) is 24.3. The molecule has 4 rings (SSSR count). The highest BCUT2D eigenvalue weighted by molar-refractivity contribution is 8.28. The lowest BCUT2D eigenvalue weighted by Gasteiger charge is -2.58. The van der Waals surface area contributed by atoms with Gasteiger partial charge in [-0.2, -0.15) is 0 Å². The fourth-order valence-corrected chi connectivity index (χ4v) is 12.7. The van der Waals surface area contributed by atoms with Crippen molar-refractivity contribution < 1.29 is 8.92 Å². The molecule has 2 nitrogen and oxygen atoms in total. The average molecular weight is 729 g/mol. The first kappa shape index (κ1) is 43.5. The fourth-order valence-electron chi connectivity index (χ4n) is 11.9. The minimum absolute atomic E-state index is 0.0333. The van der Waals surface area contributed by atoms with E-state index < -0.39 is 10.3 Å². The van der Waals surface area contributed by atoms with Gasteiger partial charge in [-0.3, -0.25) is 0 Å². The first-order valence-electron chi connectivity index (χ1n) is 22.7. The zero-order valence-corrected chi connectivity index (χ0v) is 36.7. The van der Waals surface area contributed by atoms with Gasteiger partial charge in [0.1, 0.15) is 0 Å². The summed E-state index contributed by atoms with van der Waals surface area (Å²) in [5.74, 6) is 5.67. The van der Waals surface area contributed by atoms with Gasteiger partial charge in [-0.15, -0.1) is 10.3 Å². The van der Waals surface area contributed by atoms with E-state index in [-0.39, 0.29) is 6.29 Å². The standard InChI is InChI=1S/C48H88O2S/c1-11-13-14-15-16-17-18-19-20-21-22-23-24-25-46(50-51(8,9)10)49-41-32-34-47(6)40(36-41)28-29-42-44-31-30-43(48(44,7)35-33-45(42)47)38(5)26-27-39(12-2)37(3)4/h26-28,37-39,41-46H,11-25,29-36H2,1-10H3/b27-26+. The van der Waals surface area contributed by atoms with Crippen molar-refractivity contribution in [3.05, 3.63) is 23.8 Å². The van der Waals surface area contributed by atoms with Crippen molar-refractivity contribution in [3.63, 3.8) is 0 Å². The van der Waals surface area contributed by atoms with Crippen LogP contribution in [0.15, 0.2) is 23.8 Å². The summed E-state index contributed by atoms with van der Waals surface area (Å²) in [5, 5.41) is 0. The smallest absolute Gasteiger partial charge is 0.168 e. The summed E-state index contributed by atoms with van der Waals surface area (Å²) in [5.41, 5.74) is 2.64. The highest BCUT2D eigenvalue weighted by Crippen LogP contribution is 2.67. The van der Waals surface area contributed by atoms with Gasteiger partial charge in [0.2, 0.25) is 0 Å². The molecule has 0 heterocycles. The van der Waals surface area contributed by atoms with Crippen LogP contribution in [0.5, 0.6) is 0 Å². The summed E-state index contributed by atoms with van der Waals surface area (Å²) >= 11 is 0. The maximum Gasteiger partial charge on any atom is 0.168 e. The predicted molar refractivity (Wildman–Crippen MR) is 228 cm³/mol. The Hall–Kier alpha value is -0.250. The Morgan fingerprint density at radius 1 is 0.765 bits per heavy atom. The van der Waals surface area contributed by atoms with Crippen molar-refractivity contribution in [1.82, 2.24) is 0 Å². The quantitative estimate of drug-likeness (QED) is 0.0592. The second-order valence-corrected chi connectivity index (χ2v) is 23.5. The molecule has 4 aliphatic carbocycles. The van der Waals surface area contributed by atoms with E-state index in [1.54, 1.807) is 5.57 Å². The highest BCUT2D eigenvalue weighted by Gasteiger charge is 2.59. The summed E-state index contributed by atoms with van der Waals surface area (Å²) in [7, 11) is -1.08. The molecule has 0 N–H and O–H groups in total. The van der Waals surface area contributed by atoms with Gasteiger partial charge in [-0.05, 0) is 142 Å². The van der Waals surface area contributed by atoms with E-state index in [0.29, 0.717) is 22.9 Å². The zero-order valence-electron chi connectivity index (χ0n) is 35.9. The van der Waals surface area contributed by atoms with Crippen LogP contribution in [0.25, 0.3) is 0 Å². The van der Waals surface area contributed by atoms with Crippen LogP contribution < -0.4 is 0 Å². The highest BCUT2D eigenvalue weighted by atomic mass is 32.3. The molecule has 3 saturated carbocycles. The molecule has 51 heavy (non-hydrogen) atoms. The minimum atomic E-state index is -1.08. The fraction of sp³-hybridized carbons (Fsp3) is 0.917. The maximum atomic E-state index is 6.94. The van der Waals surface area contributed by atoms with E-state index in [9.17, 15) is 0 Å². The average Bonchev–Trinajstić information content (AvgIpc) is 3.43. The van der Waals surface area contributed by atoms with Gasteiger partial charge < -0.3 is 8.92 Å². The monoisotopic (exact) mass is 729 g/mol. The van der Waals surface area contributed by atoms with Crippen LogP contribution in [0.4, 0.5) is 0 Å². The number of hydrogen-bond acceptors (Lipinski definition) is 2. The summed E-state index contributed by atoms with van der Waals surface area (Å²) in [6.45, 7) is 17.4. The Kier molecular flexibility index (Phi) is 17.6. The van der Waals surface area contributed by atoms with Gasteiger partial charge >= 0.3 is 0 Å². The van der Waals surface area contributed by atoms with Gasteiger partial charge in [-0.1, -0.05) is 149 Å². The van der Waals surface area contributed by atoms with Crippen LogP contribution in [0.2, 0.25) is 0 Å². The van der Waals surface area contributed by atoms with Crippen molar-refractivity contribution in [1.29, 1.82) is 0 Å². The van der Waals surface area contributed by atoms with Crippen LogP contribution in [0.3, 0.4) is 0 Å². The largest absolute Gasteiger partial charge is 0.348 e. The Morgan fingerprint density at radius 2 is 1.39 bits per heavy atom. The van der Waals surface area contributed by atoms with Crippen LogP contribution in [0, 0.1) is 52.3 Å². The number of ether oxygens (including phenoxy) is 1. The van der Waals surface area contributed by atoms with E-state index in [1.807, 2.05) is 0 Å². The van der Waals surface area contributed by atoms with Gasteiger partial charge in [0.25, 0.3) is 0 Å². The summed E-state index contributed by atoms with van der Waals surface area (Å²) in [6.07, 6.45) is 46.4. The lowest BCUT2D eigenvalue weighted by molar-refractivity contribution is -0.134. The number of unbranched alkanes of at least 4 members (excludes halogenated alkanes) is 12. The van der Waals surface area contributed by atoms with E-state index in [0.717, 1.165) is 48.3 Å². The van der Waals surface area contributed by atoms with E-state index in [4.69, 9.17) is 8.92 Å². The minimum Gasteiger partial charge on any atom is -0.348 e. The molecule has 0 aromatic rings. The van der Waals surface area contributed by atoms with Gasteiger partial charge in [-0.25, -0.2) is 0 Å². The second kappa shape index (κ2) is 20.6. The molecule has 0 aromatic carbocycles. The summed E-state index contributed by atoms with van der Waals surface area (Å²) < 4.78 is 13.6. The summed E-state index contributed by atoms with van der Waals surface area (Å²) in [6, 6.07) is 0.